The molecule has 1 aliphatic heterocycles. The van der Waals surface area contributed by atoms with Crippen molar-refractivity contribution in [2.75, 3.05) is 0 Å². The van der Waals surface area contributed by atoms with E-state index in [9.17, 15) is 0 Å². The highest BCUT2D eigenvalue weighted by Crippen LogP contribution is 2.31. The summed E-state index contributed by atoms with van der Waals surface area (Å²) in [4.78, 5) is 0. The zero-order valence-corrected chi connectivity index (χ0v) is 9.78. The number of epoxide rings is 1. The number of rotatable bonds is 3. The second-order valence-electron chi connectivity index (χ2n) is 4.45. The average Bonchev–Trinajstić information content (AvgIpc) is 2.85. The second kappa shape index (κ2) is 3.86. The fourth-order valence-electron chi connectivity index (χ4n) is 1.80. The molecule has 0 aromatic heterocycles. The standard InChI is InChI=1S/C13H18O2/c1-8(2)11-6-5-7-12(9(11)3)15-13-10(4)14-13/h5-8,10,13H,1-4H3. The molecule has 1 aliphatic rings. The summed E-state index contributed by atoms with van der Waals surface area (Å²) in [5.41, 5.74) is 2.58. The number of hydrogen-bond donors (Lipinski definition) is 0. The van der Waals surface area contributed by atoms with E-state index in [2.05, 4.69) is 26.8 Å². The first-order valence-electron chi connectivity index (χ1n) is 5.51. The van der Waals surface area contributed by atoms with Crippen molar-refractivity contribution in [3.63, 3.8) is 0 Å². The SMILES string of the molecule is Cc1c(OC2OC2C)cccc1C(C)C. The lowest BCUT2D eigenvalue weighted by Gasteiger charge is -2.13. The zero-order chi connectivity index (χ0) is 11.0. The molecule has 0 saturated carbocycles. The summed E-state index contributed by atoms with van der Waals surface area (Å²) >= 11 is 0. The third-order valence-electron chi connectivity index (χ3n) is 2.85. The summed E-state index contributed by atoms with van der Waals surface area (Å²) in [6.07, 6.45) is 0.207. The van der Waals surface area contributed by atoms with Crippen molar-refractivity contribution >= 4 is 0 Å². The molecule has 82 valence electrons. The molecule has 0 N–H and O–H groups in total. The van der Waals surface area contributed by atoms with Gasteiger partial charge in [0.2, 0.25) is 6.29 Å². The summed E-state index contributed by atoms with van der Waals surface area (Å²) in [7, 11) is 0. The van der Waals surface area contributed by atoms with Gasteiger partial charge in [-0.15, -0.1) is 0 Å². The van der Waals surface area contributed by atoms with Crippen molar-refractivity contribution in [1.82, 2.24) is 0 Å². The third-order valence-corrected chi connectivity index (χ3v) is 2.85. The normalized spacial score (nSPS) is 24.3. The molecular formula is C13H18O2. The van der Waals surface area contributed by atoms with Crippen LogP contribution in [0.4, 0.5) is 0 Å². The Bertz CT molecular complexity index is 358. The van der Waals surface area contributed by atoms with Gasteiger partial charge in [-0.25, -0.2) is 0 Å². The zero-order valence-electron chi connectivity index (χ0n) is 9.78. The highest BCUT2D eigenvalue weighted by Gasteiger charge is 2.37. The average molecular weight is 206 g/mol. The number of hydrogen-bond acceptors (Lipinski definition) is 2. The van der Waals surface area contributed by atoms with Crippen LogP contribution in [0.5, 0.6) is 5.75 Å². The third kappa shape index (κ3) is 2.15. The van der Waals surface area contributed by atoms with Gasteiger partial charge in [0, 0.05) is 0 Å². The Balaban J connectivity index is 2.20. The van der Waals surface area contributed by atoms with Crippen LogP contribution < -0.4 is 4.74 Å². The van der Waals surface area contributed by atoms with Crippen LogP contribution >= 0.6 is 0 Å². The van der Waals surface area contributed by atoms with Gasteiger partial charge in [-0.05, 0) is 37.0 Å². The molecule has 2 heteroatoms. The molecule has 2 atom stereocenters. The van der Waals surface area contributed by atoms with Crippen molar-refractivity contribution in [3.8, 4) is 5.75 Å². The fourth-order valence-corrected chi connectivity index (χ4v) is 1.80. The van der Waals surface area contributed by atoms with E-state index in [1.165, 1.54) is 11.1 Å². The summed E-state index contributed by atoms with van der Waals surface area (Å²) in [5, 5.41) is 0. The molecule has 1 heterocycles. The molecule has 0 radical (unpaired) electrons. The molecule has 1 aromatic rings. The Kier molecular flexibility index (Phi) is 2.70. The molecule has 1 aromatic carbocycles. The lowest BCUT2D eigenvalue weighted by molar-refractivity contribution is 0.177. The van der Waals surface area contributed by atoms with Crippen LogP contribution in [-0.2, 0) is 4.74 Å². The minimum absolute atomic E-state index is 0.0360. The molecule has 0 amide bonds. The minimum Gasteiger partial charge on any atom is -0.462 e. The van der Waals surface area contributed by atoms with Gasteiger partial charge in [0.15, 0.2) is 0 Å². The monoisotopic (exact) mass is 206 g/mol. The van der Waals surface area contributed by atoms with Crippen molar-refractivity contribution in [2.45, 2.75) is 46.0 Å². The highest BCUT2D eigenvalue weighted by atomic mass is 16.8. The first kappa shape index (κ1) is 10.5. The van der Waals surface area contributed by atoms with Gasteiger partial charge < -0.3 is 9.47 Å². The van der Waals surface area contributed by atoms with E-state index in [4.69, 9.17) is 9.47 Å². The molecule has 1 fully saturated rings. The Morgan fingerprint density at radius 2 is 2.00 bits per heavy atom. The van der Waals surface area contributed by atoms with E-state index in [0.717, 1.165) is 5.75 Å². The fraction of sp³-hybridized carbons (Fsp3) is 0.538. The summed E-state index contributed by atoms with van der Waals surface area (Å²) in [5.74, 6) is 1.49. The Hall–Kier alpha value is -1.02. The number of ether oxygens (including phenoxy) is 2. The molecule has 0 spiro atoms. The van der Waals surface area contributed by atoms with Crippen LogP contribution in [0.25, 0.3) is 0 Å². The lowest BCUT2D eigenvalue weighted by atomic mass is 9.97. The van der Waals surface area contributed by atoms with Gasteiger partial charge in [-0.1, -0.05) is 26.0 Å². The van der Waals surface area contributed by atoms with Gasteiger partial charge in [-0.3, -0.25) is 0 Å². The van der Waals surface area contributed by atoms with E-state index < -0.39 is 0 Å². The summed E-state index contributed by atoms with van der Waals surface area (Å²) in [6.45, 7) is 8.52. The van der Waals surface area contributed by atoms with E-state index >= 15 is 0 Å². The van der Waals surface area contributed by atoms with Gasteiger partial charge in [-0.2, -0.15) is 0 Å². The molecule has 0 aliphatic carbocycles. The smallest absolute Gasteiger partial charge is 0.226 e. The molecule has 0 bridgehead atoms. The van der Waals surface area contributed by atoms with E-state index in [1.54, 1.807) is 0 Å². The van der Waals surface area contributed by atoms with Crippen molar-refractivity contribution < 1.29 is 9.47 Å². The van der Waals surface area contributed by atoms with Crippen molar-refractivity contribution in [3.05, 3.63) is 29.3 Å². The van der Waals surface area contributed by atoms with Crippen molar-refractivity contribution in [1.29, 1.82) is 0 Å². The first-order valence-corrected chi connectivity index (χ1v) is 5.51. The molecule has 1 saturated heterocycles. The van der Waals surface area contributed by atoms with Gasteiger partial charge in [0.25, 0.3) is 0 Å². The van der Waals surface area contributed by atoms with Gasteiger partial charge in [0.05, 0.1) is 0 Å². The Morgan fingerprint density at radius 1 is 1.33 bits per heavy atom. The Morgan fingerprint density at radius 3 is 2.53 bits per heavy atom. The van der Waals surface area contributed by atoms with Crippen LogP contribution in [0.1, 0.15) is 37.8 Å². The maximum absolute atomic E-state index is 5.74. The molecular weight excluding hydrogens is 188 g/mol. The maximum Gasteiger partial charge on any atom is 0.226 e. The van der Waals surface area contributed by atoms with E-state index in [-0.39, 0.29) is 12.4 Å². The quantitative estimate of drug-likeness (QED) is 0.708. The highest BCUT2D eigenvalue weighted by molar-refractivity contribution is 5.40. The number of benzene rings is 1. The van der Waals surface area contributed by atoms with Gasteiger partial charge >= 0.3 is 0 Å². The summed E-state index contributed by atoms with van der Waals surface area (Å²) < 4.78 is 11.0. The predicted octanol–water partition coefficient (Wildman–Crippen LogP) is 3.24. The predicted molar refractivity (Wildman–Crippen MR) is 60.2 cm³/mol. The topological polar surface area (TPSA) is 21.8 Å². The van der Waals surface area contributed by atoms with E-state index in [1.807, 2.05) is 19.1 Å². The summed E-state index contributed by atoms with van der Waals surface area (Å²) in [6, 6.07) is 6.21. The maximum atomic E-state index is 5.74. The second-order valence-corrected chi connectivity index (χ2v) is 4.45. The molecule has 2 nitrogen and oxygen atoms in total. The molecule has 2 rings (SSSR count). The largest absolute Gasteiger partial charge is 0.462 e. The molecule has 15 heavy (non-hydrogen) atoms. The van der Waals surface area contributed by atoms with Crippen LogP contribution in [0.3, 0.4) is 0 Å². The van der Waals surface area contributed by atoms with Crippen LogP contribution in [0.2, 0.25) is 0 Å². The van der Waals surface area contributed by atoms with E-state index in [0.29, 0.717) is 5.92 Å². The Labute approximate surface area is 91.2 Å². The van der Waals surface area contributed by atoms with Crippen LogP contribution in [0.15, 0.2) is 18.2 Å². The van der Waals surface area contributed by atoms with Crippen LogP contribution in [-0.4, -0.2) is 12.4 Å². The minimum atomic E-state index is -0.0360. The lowest BCUT2D eigenvalue weighted by Crippen LogP contribution is -2.04. The van der Waals surface area contributed by atoms with Gasteiger partial charge in [0.1, 0.15) is 11.9 Å². The first-order chi connectivity index (χ1) is 7.09. The van der Waals surface area contributed by atoms with Crippen molar-refractivity contribution in [2.24, 2.45) is 0 Å². The van der Waals surface area contributed by atoms with Crippen LogP contribution in [0, 0.1) is 6.92 Å². The molecule has 2 unspecified atom stereocenters.